The molecule has 0 aromatic carbocycles. The SMILES string of the molecule is C=C/C=C\C=C(/C)C(C)C(CC)C(C)C=C(C)/C(=C\C)[CH-]C. The van der Waals surface area contributed by atoms with E-state index in [0.29, 0.717) is 17.8 Å². The molecule has 0 heterocycles. The van der Waals surface area contributed by atoms with E-state index in [-0.39, 0.29) is 0 Å². The summed E-state index contributed by atoms with van der Waals surface area (Å²) in [4.78, 5) is 0. The van der Waals surface area contributed by atoms with Crippen molar-refractivity contribution in [1.82, 2.24) is 0 Å². The third-order valence-corrected chi connectivity index (χ3v) is 4.70. The second-order valence-electron chi connectivity index (χ2n) is 6.13. The van der Waals surface area contributed by atoms with Gasteiger partial charge in [-0.25, -0.2) is 0 Å². The van der Waals surface area contributed by atoms with E-state index < -0.39 is 0 Å². The molecule has 0 aliphatic heterocycles. The van der Waals surface area contributed by atoms with Crippen LogP contribution in [0.2, 0.25) is 0 Å². The van der Waals surface area contributed by atoms with Crippen LogP contribution in [0.4, 0.5) is 0 Å². The predicted molar refractivity (Wildman–Crippen MR) is 103 cm³/mol. The molecule has 0 spiro atoms. The van der Waals surface area contributed by atoms with E-state index in [1.54, 1.807) is 0 Å². The molecule has 0 rings (SSSR count). The molecular formula is C22H35-. The Kier molecular flexibility index (Phi) is 10.5. The van der Waals surface area contributed by atoms with Gasteiger partial charge in [0.15, 0.2) is 0 Å². The zero-order valence-corrected chi connectivity index (χ0v) is 15.7. The molecule has 0 N–H and O–H groups in total. The Hall–Kier alpha value is -1.43. The summed E-state index contributed by atoms with van der Waals surface area (Å²) in [5, 5.41) is 0. The average molecular weight is 300 g/mol. The van der Waals surface area contributed by atoms with Crippen molar-refractivity contribution < 1.29 is 0 Å². The Labute approximate surface area is 139 Å². The molecule has 3 atom stereocenters. The molecule has 0 nitrogen and oxygen atoms in total. The lowest BCUT2D eigenvalue weighted by Crippen LogP contribution is -2.19. The third-order valence-electron chi connectivity index (χ3n) is 4.70. The first-order valence-electron chi connectivity index (χ1n) is 8.53. The molecule has 0 aromatic rings. The summed E-state index contributed by atoms with van der Waals surface area (Å²) in [7, 11) is 0. The van der Waals surface area contributed by atoms with Crippen LogP contribution in [0.3, 0.4) is 0 Å². The molecule has 0 amide bonds. The summed E-state index contributed by atoms with van der Waals surface area (Å²) in [5.41, 5.74) is 4.17. The summed E-state index contributed by atoms with van der Waals surface area (Å²) in [6, 6.07) is 0. The Bertz CT molecular complexity index is 443. The van der Waals surface area contributed by atoms with Gasteiger partial charge in [0.2, 0.25) is 0 Å². The highest BCUT2D eigenvalue weighted by atomic mass is 14.3. The average Bonchev–Trinajstić information content (AvgIpc) is 2.49. The van der Waals surface area contributed by atoms with Gasteiger partial charge in [0.1, 0.15) is 0 Å². The standard InChI is InChI=1S/C22H35/c1-9-13-14-15-17(5)20(8)22(12-4)19(7)16-18(6)21(10-2)11-3/h9-11,13-16,19-20,22H,1,12H2,2-8H3/q-1/b14-13-,17-15+,18-16?,21-10-. The predicted octanol–water partition coefficient (Wildman–Crippen LogP) is 7.09. The molecule has 0 fully saturated rings. The number of hydrogen-bond acceptors (Lipinski definition) is 0. The van der Waals surface area contributed by atoms with Crippen LogP contribution >= 0.6 is 0 Å². The van der Waals surface area contributed by atoms with Crippen LogP contribution in [-0.2, 0) is 0 Å². The Morgan fingerprint density at radius 2 is 1.82 bits per heavy atom. The molecule has 3 unspecified atom stereocenters. The number of rotatable bonds is 9. The molecule has 0 aliphatic carbocycles. The van der Waals surface area contributed by atoms with Gasteiger partial charge in [0, 0.05) is 0 Å². The highest BCUT2D eigenvalue weighted by Crippen LogP contribution is 2.32. The zero-order valence-electron chi connectivity index (χ0n) is 15.7. The lowest BCUT2D eigenvalue weighted by Gasteiger charge is -2.29. The highest BCUT2D eigenvalue weighted by Gasteiger charge is 2.21. The van der Waals surface area contributed by atoms with Gasteiger partial charge in [-0.15, -0.1) is 6.08 Å². The fourth-order valence-electron chi connectivity index (χ4n) is 3.19. The summed E-state index contributed by atoms with van der Waals surface area (Å²) in [6.45, 7) is 19.4. The van der Waals surface area contributed by atoms with E-state index >= 15 is 0 Å². The maximum Gasteiger partial charge on any atom is -0.0198 e. The third kappa shape index (κ3) is 6.56. The van der Waals surface area contributed by atoms with Crippen LogP contribution < -0.4 is 0 Å². The van der Waals surface area contributed by atoms with Gasteiger partial charge in [-0.3, -0.25) is 0 Å². The number of allylic oxidation sites excluding steroid dienone is 9. The molecule has 0 saturated carbocycles. The molecule has 0 saturated heterocycles. The first-order valence-corrected chi connectivity index (χ1v) is 8.53. The minimum absolute atomic E-state index is 0.571. The van der Waals surface area contributed by atoms with Crippen LogP contribution in [0.15, 0.2) is 59.8 Å². The second-order valence-corrected chi connectivity index (χ2v) is 6.13. The van der Waals surface area contributed by atoms with Crippen LogP contribution in [0.25, 0.3) is 0 Å². The quantitative estimate of drug-likeness (QED) is 0.315. The fraction of sp³-hybridized carbons (Fsp3) is 0.500. The van der Waals surface area contributed by atoms with E-state index in [9.17, 15) is 0 Å². The van der Waals surface area contributed by atoms with Crippen molar-refractivity contribution in [2.45, 2.75) is 54.9 Å². The topological polar surface area (TPSA) is 0 Å². The molecule has 0 aromatic heterocycles. The van der Waals surface area contributed by atoms with Crippen molar-refractivity contribution in [3.05, 3.63) is 66.2 Å². The monoisotopic (exact) mass is 299 g/mol. The van der Waals surface area contributed by atoms with Gasteiger partial charge >= 0.3 is 0 Å². The smallest absolute Gasteiger partial charge is 0.0198 e. The van der Waals surface area contributed by atoms with Gasteiger partial charge in [-0.05, 0) is 24.7 Å². The molecule has 0 bridgehead atoms. The lowest BCUT2D eigenvalue weighted by atomic mass is 9.77. The van der Waals surface area contributed by atoms with E-state index in [2.05, 4.69) is 85.8 Å². The van der Waals surface area contributed by atoms with Gasteiger partial charge in [-0.2, -0.15) is 23.6 Å². The Morgan fingerprint density at radius 3 is 2.27 bits per heavy atom. The second kappa shape index (κ2) is 11.2. The van der Waals surface area contributed by atoms with Crippen LogP contribution in [0.1, 0.15) is 54.9 Å². The normalized spacial score (nSPS) is 18.2. The van der Waals surface area contributed by atoms with Crippen LogP contribution in [-0.4, -0.2) is 0 Å². The molecule has 124 valence electrons. The van der Waals surface area contributed by atoms with Crippen molar-refractivity contribution >= 4 is 0 Å². The van der Waals surface area contributed by atoms with Crippen molar-refractivity contribution in [2.75, 3.05) is 0 Å². The molecule has 0 radical (unpaired) electrons. The largest absolute Gasteiger partial charge is 0.194 e. The van der Waals surface area contributed by atoms with Crippen molar-refractivity contribution in [3.63, 3.8) is 0 Å². The van der Waals surface area contributed by atoms with Gasteiger partial charge in [-0.1, -0.05) is 84.4 Å². The minimum atomic E-state index is 0.571. The van der Waals surface area contributed by atoms with Crippen molar-refractivity contribution in [2.24, 2.45) is 17.8 Å². The minimum Gasteiger partial charge on any atom is -0.194 e. The Morgan fingerprint density at radius 1 is 1.18 bits per heavy atom. The first-order chi connectivity index (χ1) is 10.4. The Balaban J connectivity index is 5.17. The molecule has 0 aliphatic rings. The molecular weight excluding hydrogens is 264 g/mol. The van der Waals surface area contributed by atoms with E-state index in [0.717, 1.165) is 0 Å². The molecule has 22 heavy (non-hydrogen) atoms. The summed E-state index contributed by atoms with van der Waals surface area (Å²) in [5.74, 6) is 1.82. The number of hydrogen-bond donors (Lipinski definition) is 0. The van der Waals surface area contributed by atoms with E-state index in [1.807, 2.05) is 12.2 Å². The maximum atomic E-state index is 3.72. The van der Waals surface area contributed by atoms with Crippen LogP contribution in [0.5, 0.6) is 0 Å². The maximum absolute atomic E-state index is 3.72. The van der Waals surface area contributed by atoms with Gasteiger partial charge < -0.3 is 0 Å². The van der Waals surface area contributed by atoms with E-state index in [1.165, 1.54) is 23.1 Å². The molecule has 0 heteroatoms. The summed E-state index contributed by atoms with van der Waals surface area (Å²) < 4.78 is 0. The van der Waals surface area contributed by atoms with E-state index in [4.69, 9.17) is 0 Å². The van der Waals surface area contributed by atoms with Crippen molar-refractivity contribution in [1.29, 1.82) is 0 Å². The van der Waals surface area contributed by atoms with Gasteiger partial charge in [0.25, 0.3) is 0 Å². The highest BCUT2D eigenvalue weighted by molar-refractivity contribution is 5.34. The fourth-order valence-corrected chi connectivity index (χ4v) is 3.19. The lowest BCUT2D eigenvalue weighted by molar-refractivity contribution is 0.316. The first kappa shape index (κ1) is 20.6. The van der Waals surface area contributed by atoms with Crippen LogP contribution in [0, 0.1) is 24.2 Å². The van der Waals surface area contributed by atoms with Crippen molar-refractivity contribution in [3.8, 4) is 0 Å². The summed E-state index contributed by atoms with van der Waals surface area (Å²) >= 11 is 0. The summed E-state index contributed by atoms with van der Waals surface area (Å²) in [6.07, 6.45) is 16.1. The zero-order chi connectivity index (χ0) is 17.1. The van der Waals surface area contributed by atoms with Gasteiger partial charge in [0.05, 0.1) is 0 Å².